The quantitative estimate of drug-likeness (QED) is 0.663. The molecule has 0 saturated heterocycles. The lowest BCUT2D eigenvalue weighted by molar-refractivity contribution is 0.0947. The molecule has 6 nitrogen and oxygen atoms in total. The second-order valence-corrected chi connectivity index (χ2v) is 5.69. The number of ether oxygens (including phenoxy) is 1. The molecule has 0 aliphatic heterocycles. The number of para-hydroxylation sites is 1. The maximum absolute atomic E-state index is 12.2. The van der Waals surface area contributed by atoms with Crippen molar-refractivity contribution in [2.75, 3.05) is 13.2 Å². The molecule has 1 aromatic carbocycles. The Bertz CT molecular complexity index is 817. The zero-order chi connectivity index (χ0) is 17.6. The Hall–Kier alpha value is -3.02. The van der Waals surface area contributed by atoms with E-state index in [1.54, 1.807) is 12.1 Å². The van der Waals surface area contributed by atoms with Gasteiger partial charge >= 0.3 is 0 Å². The van der Waals surface area contributed by atoms with Crippen LogP contribution in [0, 0.1) is 13.8 Å². The number of rotatable bonds is 7. The SMILES string of the molecule is Cc1cccc(C)c1OCCCNC(=O)c1ncoc1-c1ccco1. The van der Waals surface area contributed by atoms with Gasteiger partial charge in [0.25, 0.3) is 5.91 Å². The van der Waals surface area contributed by atoms with Gasteiger partial charge in [0.2, 0.25) is 5.76 Å². The van der Waals surface area contributed by atoms with Gasteiger partial charge in [0, 0.05) is 6.54 Å². The number of carbonyl (C=O) groups is 1. The number of carbonyl (C=O) groups excluding carboxylic acids is 1. The van der Waals surface area contributed by atoms with Crippen molar-refractivity contribution in [3.8, 4) is 17.3 Å². The van der Waals surface area contributed by atoms with E-state index in [4.69, 9.17) is 13.6 Å². The van der Waals surface area contributed by atoms with Crippen LogP contribution in [-0.4, -0.2) is 24.0 Å². The first kappa shape index (κ1) is 16.8. The molecule has 0 radical (unpaired) electrons. The van der Waals surface area contributed by atoms with Gasteiger partial charge in [-0.15, -0.1) is 0 Å². The van der Waals surface area contributed by atoms with Crippen LogP contribution in [0.4, 0.5) is 0 Å². The van der Waals surface area contributed by atoms with E-state index in [-0.39, 0.29) is 11.6 Å². The van der Waals surface area contributed by atoms with Crippen molar-refractivity contribution in [3.63, 3.8) is 0 Å². The van der Waals surface area contributed by atoms with E-state index >= 15 is 0 Å². The predicted octanol–water partition coefficient (Wildman–Crippen LogP) is 3.75. The molecule has 0 bridgehead atoms. The maximum atomic E-state index is 12.2. The Morgan fingerprint density at radius 2 is 1.96 bits per heavy atom. The highest BCUT2D eigenvalue weighted by Crippen LogP contribution is 2.23. The van der Waals surface area contributed by atoms with Gasteiger partial charge in [0.15, 0.2) is 17.8 Å². The van der Waals surface area contributed by atoms with Crippen molar-refractivity contribution in [2.45, 2.75) is 20.3 Å². The first-order valence-corrected chi connectivity index (χ1v) is 8.11. The second kappa shape index (κ2) is 7.70. The molecule has 0 fully saturated rings. The molecule has 3 rings (SSSR count). The molecule has 0 saturated carbocycles. The minimum absolute atomic E-state index is 0.214. The highest BCUT2D eigenvalue weighted by Gasteiger charge is 2.19. The standard InChI is InChI=1S/C19H20N2O4/c1-13-6-3-7-14(2)17(13)24-11-5-9-20-19(22)16-18(25-12-21-16)15-8-4-10-23-15/h3-4,6-8,10,12H,5,9,11H2,1-2H3,(H,20,22). The van der Waals surface area contributed by atoms with E-state index in [0.717, 1.165) is 16.9 Å². The Kier molecular flexibility index (Phi) is 5.18. The molecule has 25 heavy (non-hydrogen) atoms. The summed E-state index contributed by atoms with van der Waals surface area (Å²) in [6.45, 7) is 5.04. The van der Waals surface area contributed by atoms with Crippen molar-refractivity contribution in [1.82, 2.24) is 10.3 Å². The molecule has 0 aliphatic rings. The number of aromatic nitrogens is 1. The van der Waals surface area contributed by atoms with Crippen LogP contribution in [0.15, 0.2) is 51.8 Å². The van der Waals surface area contributed by atoms with E-state index in [0.29, 0.717) is 31.1 Å². The second-order valence-electron chi connectivity index (χ2n) is 5.69. The predicted molar refractivity (Wildman–Crippen MR) is 92.6 cm³/mol. The number of amides is 1. The van der Waals surface area contributed by atoms with Gasteiger partial charge in [-0.2, -0.15) is 0 Å². The minimum Gasteiger partial charge on any atom is -0.493 e. The molecule has 3 aromatic rings. The molecule has 2 heterocycles. The summed E-state index contributed by atoms with van der Waals surface area (Å²) < 4.78 is 16.3. The van der Waals surface area contributed by atoms with Gasteiger partial charge < -0.3 is 18.9 Å². The van der Waals surface area contributed by atoms with Crippen LogP contribution in [0.1, 0.15) is 28.0 Å². The number of nitrogens with one attached hydrogen (secondary N) is 1. The summed E-state index contributed by atoms with van der Waals surface area (Å²) in [5.41, 5.74) is 2.43. The van der Waals surface area contributed by atoms with E-state index in [1.165, 1.54) is 12.7 Å². The lowest BCUT2D eigenvalue weighted by atomic mass is 10.1. The van der Waals surface area contributed by atoms with Gasteiger partial charge in [-0.25, -0.2) is 4.98 Å². The summed E-state index contributed by atoms with van der Waals surface area (Å²) in [6, 6.07) is 9.49. The molecule has 2 aromatic heterocycles. The van der Waals surface area contributed by atoms with Crippen LogP contribution < -0.4 is 10.1 Å². The fourth-order valence-electron chi connectivity index (χ4n) is 2.55. The summed E-state index contributed by atoms with van der Waals surface area (Å²) in [5, 5.41) is 2.82. The van der Waals surface area contributed by atoms with Gasteiger partial charge in [0.05, 0.1) is 12.9 Å². The molecule has 6 heteroatoms. The fourth-order valence-corrected chi connectivity index (χ4v) is 2.55. The maximum Gasteiger partial charge on any atom is 0.274 e. The minimum atomic E-state index is -0.299. The number of hydrogen-bond donors (Lipinski definition) is 1. The lowest BCUT2D eigenvalue weighted by Crippen LogP contribution is -2.26. The Labute approximate surface area is 145 Å². The normalized spacial score (nSPS) is 10.6. The van der Waals surface area contributed by atoms with E-state index < -0.39 is 0 Å². The third-order valence-electron chi connectivity index (χ3n) is 3.79. The number of furan rings is 1. The zero-order valence-corrected chi connectivity index (χ0v) is 14.2. The summed E-state index contributed by atoms with van der Waals surface area (Å²) >= 11 is 0. The molecule has 0 atom stereocenters. The third kappa shape index (κ3) is 3.91. The largest absolute Gasteiger partial charge is 0.493 e. The highest BCUT2D eigenvalue weighted by atomic mass is 16.5. The van der Waals surface area contributed by atoms with Gasteiger partial charge in [0.1, 0.15) is 5.75 Å². The molecule has 0 aliphatic carbocycles. The number of benzene rings is 1. The van der Waals surface area contributed by atoms with E-state index in [1.807, 2.05) is 32.0 Å². The summed E-state index contributed by atoms with van der Waals surface area (Å²) in [4.78, 5) is 16.2. The highest BCUT2D eigenvalue weighted by molar-refractivity contribution is 5.97. The summed E-state index contributed by atoms with van der Waals surface area (Å²) in [5.74, 6) is 1.41. The van der Waals surface area contributed by atoms with Crippen LogP contribution in [0.2, 0.25) is 0 Å². The summed E-state index contributed by atoms with van der Waals surface area (Å²) in [7, 11) is 0. The average Bonchev–Trinajstić information content (AvgIpc) is 3.27. The average molecular weight is 340 g/mol. The van der Waals surface area contributed by atoms with Gasteiger partial charge in [-0.1, -0.05) is 18.2 Å². The van der Waals surface area contributed by atoms with E-state index in [2.05, 4.69) is 10.3 Å². The monoisotopic (exact) mass is 340 g/mol. The lowest BCUT2D eigenvalue weighted by Gasteiger charge is -2.12. The van der Waals surface area contributed by atoms with Crippen molar-refractivity contribution in [1.29, 1.82) is 0 Å². The first-order valence-electron chi connectivity index (χ1n) is 8.11. The zero-order valence-electron chi connectivity index (χ0n) is 14.2. The molecule has 0 unspecified atom stereocenters. The van der Waals surface area contributed by atoms with Crippen molar-refractivity contribution < 1.29 is 18.4 Å². The van der Waals surface area contributed by atoms with E-state index in [9.17, 15) is 4.79 Å². The molecule has 1 amide bonds. The smallest absolute Gasteiger partial charge is 0.274 e. The molecular weight excluding hydrogens is 320 g/mol. The molecule has 1 N–H and O–H groups in total. The van der Waals surface area contributed by atoms with Crippen LogP contribution in [0.25, 0.3) is 11.5 Å². The Morgan fingerprint density at radius 1 is 1.16 bits per heavy atom. The number of oxazole rings is 1. The van der Waals surface area contributed by atoms with Crippen molar-refractivity contribution >= 4 is 5.91 Å². The van der Waals surface area contributed by atoms with Gasteiger partial charge in [-0.3, -0.25) is 4.79 Å². The first-order chi connectivity index (χ1) is 12.2. The number of nitrogens with zero attached hydrogens (tertiary/aromatic N) is 1. The Balaban J connectivity index is 1.49. The molecular formula is C19H20N2O4. The van der Waals surface area contributed by atoms with Crippen LogP contribution in [-0.2, 0) is 0 Å². The van der Waals surface area contributed by atoms with Crippen molar-refractivity contribution in [3.05, 3.63) is 59.8 Å². The fraction of sp³-hybridized carbons (Fsp3) is 0.263. The van der Waals surface area contributed by atoms with Crippen LogP contribution in [0.3, 0.4) is 0 Å². The van der Waals surface area contributed by atoms with Crippen LogP contribution in [0.5, 0.6) is 5.75 Å². The molecule has 0 spiro atoms. The topological polar surface area (TPSA) is 77.5 Å². The molecule has 130 valence electrons. The summed E-state index contributed by atoms with van der Waals surface area (Å²) in [6.07, 6.45) is 3.44. The van der Waals surface area contributed by atoms with Gasteiger partial charge in [-0.05, 0) is 43.5 Å². The number of hydrogen-bond acceptors (Lipinski definition) is 5. The van der Waals surface area contributed by atoms with Crippen LogP contribution >= 0.6 is 0 Å². The number of aryl methyl sites for hydroxylation is 2. The van der Waals surface area contributed by atoms with Crippen molar-refractivity contribution in [2.24, 2.45) is 0 Å². The Morgan fingerprint density at radius 3 is 2.68 bits per heavy atom. The third-order valence-corrected chi connectivity index (χ3v) is 3.79.